The molecular weight excluding hydrogens is 963 g/mol. The molecular formula is C51H51N9O10S2. The third-order valence-electron chi connectivity index (χ3n) is 12.5. The van der Waals surface area contributed by atoms with E-state index in [1.165, 1.54) is 40.4 Å². The summed E-state index contributed by atoms with van der Waals surface area (Å²) in [5.74, 6) is 1.59. The number of benzene rings is 6. The summed E-state index contributed by atoms with van der Waals surface area (Å²) in [6.45, 7) is -1.47. The molecule has 72 heavy (non-hydrogen) atoms. The van der Waals surface area contributed by atoms with Crippen molar-refractivity contribution in [1.82, 2.24) is 39.4 Å². The van der Waals surface area contributed by atoms with Gasteiger partial charge in [0.15, 0.2) is 15.8 Å². The van der Waals surface area contributed by atoms with E-state index in [9.17, 15) is 9.90 Å². The number of carbonyl (C=O) groups excluding carboxylic acids is 1. The Bertz CT molecular complexity index is 3380. The highest BCUT2D eigenvalue weighted by Crippen LogP contribution is 2.45. The zero-order valence-corrected chi connectivity index (χ0v) is 41.1. The van der Waals surface area contributed by atoms with Crippen LogP contribution in [-0.2, 0) is 50.8 Å². The molecule has 2 aromatic heterocycles. The Morgan fingerprint density at radius 3 is 1.96 bits per heavy atom. The maximum absolute atomic E-state index is 16.3. The number of fused-ring (bicyclic) bond motifs is 1. The number of tetrazole rings is 1. The normalized spacial score (nSPS) is 15.0. The number of aliphatic hydroxyl groups is 1. The first-order valence-corrected chi connectivity index (χ1v) is 25.7. The minimum absolute atomic E-state index is 0.0892. The van der Waals surface area contributed by atoms with Crippen molar-refractivity contribution in [3.05, 3.63) is 156 Å². The van der Waals surface area contributed by atoms with Crippen LogP contribution in [0.4, 0.5) is 10.7 Å². The Balaban J connectivity index is 1.25. The van der Waals surface area contributed by atoms with E-state index >= 15 is 16.8 Å². The number of H-pyrrole nitrogens is 1. The lowest BCUT2D eigenvalue weighted by atomic mass is 9.98. The van der Waals surface area contributed by atoms with E-state index in [4.69, 9.17) is 29.8 Å². The van der Waals surface area contributed by atoms with Gasteiger partial charge in [0.2, 0.25) is 15.8 Å². The van der Waals surface area contributed by atoms with Crippen LogP contribution < -0.4 is 19.9 Å². The van der Waals surface area contributed by atoms with Crippen LogP contribution in [0.1, 0.15) is 28.7 Å². The van der Waals surface area contributed by atoms with Crippen LogP contribution in [0.5, 0.6) is 17.2 Å². The number of nitrogens with two attached hydrogens (primary N) is 1. The molecule has 0 saturated carbocycles. The summed E-state index contributed by atoms with van der Waals surface area (Å²) < 4.78 is 86.9. The topological polar surface area (TPSA) is 247 Å². The third kappa shape index (κ3) is 10.2. The number of aromatic amines is 1. The number of para-hydroxylation sites is 1. The number of carbonyl (C=O) groups is 1. The zero-order chi connectivity index (χ0) is 50.6. The predicted molar refractivity (Wildman–Crippen MR) is 267 cm³/mol. The molecule has 0 aliphatic carbocycles. The van der Waals surface area contributed by atoms with Gasteiger partial charge in [-0.25, -0.2) is 26.6 Å². The van der Waals surface area contributed by atoms with Crippen molar-refractivity contribution in [2.45, 2.75) is 53.7 Å². The summed E-state index contributed by atoms with van der Waals surface area (Å²) in [4.78, 5) is 22.5. The number of likely N-dealkylation sites (tertiary alicyclic amines) is 1. The second kappa shape index (κ2) is 20.9. The largest absolute Gasteiger partial charge is 0.497 e. The Hall–Kier alpha value is -7.85. The number of aromatic nitrogens is 6. The molecule has 1 aliphatic heterocycles. The van der Waals surface area contributed by atoms with Gasteiger partial charge in [-0.2, -0.15) is 9.10 Å². The Kier molecular flexibility index (Phi) is 14.2. The highest BCUT2D eigenvalue weighted by molar-refractivity contribution is 7.94. The first-order valence-electron chi connectivity index (χ1n) is 22.7. The Morgan fingerprint density at radius 2 is 1.36 bits per heavy atom. The van der Waals surface area contributed by atoms with Crippen molar-refractivity contribution in [3.63, 3.8) is 0 Å². The second-order valence-corrected chi connectivity index (χ2v) is 21.1. The first-order chi connectivity index (χ1) is 34.8. The van der Waals surface area contributed by atoms with Gasteiger partial charge < -0.3 is 39.7 Å². The SMILES string of the molecule is COc1ccc(CN(Cc2ccc(OC)cc2)S(=O)(=O)c2c(S(=O)(=O)[C@H]3C[C@@H](CO)N(C(=O)OCc4ccccc4)C3)ccc(-c3cccc4[nH]c(N)nc34)c2-c2nnn(Cc3ccc(OC)cc3)n2)cc1. The molecule has 1 fully saturated rings. The summed E-state index contributed by atoms with van der Waals surface area (Å²) in [5, 5.41) is 22.8. The number of amides is 1. The number of nitrogen functional groups attached to an aromatic ring is 1. The number of ether oxygens (including phenoxy) is 4. The molecule has 4 N–H and O–H groups in total. The summed E-state index contributed by atoms with van der Waals surface area (Å²) in [7, 11) is -5.21. The van der Waals surface area contributed by atoms with E-state index in [-0.39, 0.29) is 55.6 Å². The van der Waals surface area contributed by atoms with Crippen molar-refractivity contribution in [2.24, 2.45) is 0 Å². The van der Waals surface area contributed by atoms with Crippen molar-refractivity contribution >= 4 is 42.9 Å². The molecule has 1 saturated heterocycles. The molecule has 21 heteroatoms. The number of nitrogens with zero attached hydrogens (tertiary/aromatic N) is 7. The van der Waals surface area contributed by atoms with Crippen LogP contribution in [0.25, 0.3) is 33.5 Å². The molecule has 1 amide bonds. The average Bonchev–Trinajstić information content (AvgIpc) is 4.17. The highest BCUT2D eigenvalue weighted by atomic mass is 32.2. The minimum atomic E-state index is -5.02. The molecule has 0 radical (unpaired) electrons. The molecule has 1 aliphatic rings. The van der Waals surface area contributed by atoms with Gasteiger partial charge >= 0.3 is 6.09 Å². The van der Waals surface area contributed by atoms with E-state index in [0.717, 1.165) is 5.56 Å². The molecule has 0 spiro atoms. The number of hydrogen-bond donors (Lipinski definition) is 3. The number of nitrogens with one attached hydrogen (secondary N) is 1. The number of methoxy groups -OCH3 is 3. The van der Waals surface area contributed by atoms with Gasteiger partial charge in [0.1, 0.15) is 28.8 Å². The lowest BCUT2D eigenvalue weighted by molar-refractivity contribution is 0.0796. The number of rotatable bonds is 18. The number of hydrogen-bond acceptors (Lipinski definition) is 15. The third-order valence-corrected chi connectivity index (χ3v) is 16.7. The van der Waals surface area contributed by atoms with Crippen molar-refractivity contribution in [3.8, 4) is 39.8 Å². The van der Waals surface area contributed by atoms with E-state index in [2.05, 4.69) is 20.3 Å². The average molecular weight is 1010 g/mol. The van der Waals surface area contributed by atoms with Crippen molar-refractivity contribution in [2.75, 3.05) is 40.2 Å². The molecule has 8 aromatic rings. The number of sulfonamides is 1. The van der Waals surface area contributed by atoms with Gasteiger partial charge in [-0.05, 0) is 88.0 Å². The Morgan fingerprint density at radius 1 is 0.750 bits per heavy atom. The lowest BCUT2D eigenvalue weighted by Crippen LogP contribution is -2.38. The molecule has 372 valence electrons. The fourth-order valence-corrected chi connectivity index (χ4v) is 12.9. The summed E-state index contributed by atoms with van der Waals surface area (Å²) in [5.41, 5.74) is 10.1. The number of sulfone groups is 1. The molecule has 0 unspecified atom stereocenters. The summed E-state index contributed by atoms with van der Waals surface area (Å²) >= 11 is 0. The Labute approximate surface area is 415 Å². The lowest BCUT2D eigenvalue weighted by Gasteiger charge is -2.27. The van der Waals surface area contributed by atoms with E-state index < -0.39 is 60.2 Å². The number of imidazole rings is 1. The van der Waals surface area contributed by atoms with Gasteiger partial charge in [-0.1, -0.05) is 84.9 Å². The van der Waals surface area contributed by atoms with E-state index in [1.54, 1.807) is 110 Å². The summed E-state index contributed by atoms with van der Waals surface area (Å²) in [6.07, 6.45) is -1.08. The molecule has 0 bridgehead atoms. The fraction of sp³-hybridized carbons (Fsp3) is 0.235. The molecule has 9 rings (SSSR count). The van der Waals surface area contributed by atoms with Crippen LogP contribution in [0.15, 0.2) is 143 Å². The van der Waals surface area contributed by atoms with Crippen molar-refractivity contribution < 1.29 is 45.7 Å². The monoisotopic (exact) mass is 1010 g/mol. The van der Waals surface area contributed by atoms with Crippen LogP contribution in [-0.4, -0.2) is 113 Å². The first kappa shape index (κ1) is 49.1. The smallest absolute Gasteiger partial charge is 0.410 e. The highest BCUT2D eigenvalue weighted by Gasteiger charge is 2.46. The molecule has 3 heterocycles. The second-order valence-electron chi connectivity index (χ2n) is 17.0. The predicted octanol–water partition coefficient (Wildman–Crippen LogP) is 6.48. The zero-order valence-electron chi connectivity index (χ0n) is 39.5. The fourth-order valence-electron chi connectivity index (χ4n) is 8.76. The van der Waals surface area contributed by atoms with Crippen LogP contribution >= 0.6 is 0 Å². The van der Waals surface area contributed by atoms with E-state index in [1.807, 2.05) is 18.2 Å². The van der Waals surface area contributed by atoms with Crippen molar-refractivity contribution in [1.29, 1.82) is 0 Å². The van der Waals surface area contributed by atoms with Crippen LogP contribution in [0.2, 0.25) is 0 Å². The van der Waals surface area contributed by atoms with Gasteiger partial charge in [-0.3, -0.25) is 0 Å². The number of aliphatic hydroxyl groups excluding tert-OH is 1. The van der Waals surface area contributed by atoms with Crippen LogP contribution in [0, 0.1) is 0 Å². The van der Waals surface area contributed by atoms with Gasteiger partial charge in [0.25, 0.3) is 0 Å². The summed E-state index contributed by atoms with van der Waals surface area (Å²) in [6, 6.07) is 36.8. The van der Waals surface area contributed by atoms with Gasteiger partial charge in [0.05, 0.1) is 67.3 Å². The molecule has 6 aromatic carbocycles. The van der Waals surface area contributed by atoms with E-state index in [0.29, 0.717) is 50.5 Å². The molecule has 2 atom stereocenters. The quantitative estimate of drug-likeness (QED) is 0.0833. The minimum Gasteiger partial charge on any atom is -0.497 e. The van der Waals surface area contributed by atoms with Gasteiger partial charge in [0, 0.05) is 25.2 Å². The molecule has 19 nitrogen and oxygen atoms in total. The number of anilines is 1. The van der Waals surface area contributed by atoms with Crippen LogP contribution in [0.3, 0.4) is 0 Å². The standard InChI is InChI=1S/C51H51N9O10S2/c1-67-38-18-12-33(13-19-38)27-58(28-34-14-20-39(68-2)21-15-34)72(65,66)48-45(71(63,64)41-26-37(31-61)59(30-41)51(62)70-32-36-8-5-4-6-9-36)25-24-42(43-10-7-11-44-47(43)54-50(52)53-44)46(48)49-55-57-60(56-49)29-35-16-22-40(69-3)23-17-35/h4-25,37,41,61H,26-32H2,1-3H3,(H3,52,53,54)/t37-,41-/m0/s1. The van der Waals surface area contributed by atoms with Gasteiger partial charge in [-0.15, -0.1) is 10.2 Å². The maximum Gasteiger partial charge on any atom is 0.410 e. The maximum atomic E-state index is 16.3.